The van der Waals surface area contributed by atoms with Gasteiger partial charge in [-0.05, 0) is 48.9 Å². The summed E-state index contributed by atoms with van der Waals surface area (Å²) in [5.41, 5.74) is -0.0640. The largest absolute Gasteiger partial charge is 0.456 e. The van der Waals surface area contributed by atoms with Crippen LogP contribution < -0.4 is 10.6 Å². The summed E-state index contributed by atoms with van der Waals surface area (Å²) >= 11 is 0. The van der Waals surface area contributed by atoms with Crippen molar-refractivity contribution in [3.8, 4) is 0 Å². The highest BCUT2D eigenvalue weighted by Gasteiger charge is 2.55. The summed E-state index contributed by atoms with van der Waals surface area (Å²) in [6.45, 7) is 4.78. The van der Waals surface area contributed by atoms with Gasteiger partial charge in [0.2, 0.25) is 5.91 Å². The molecule has 1 aliphatic carbocycles. The standard InChI is InChI=1S/C24H31N3O6/c1-15(2)12-20(29)25-18-9-7-17(8-10-18)19(28)14-33-21(30)13-27-22(31)24(26-23(27)32)11-5-4-6-16(24)3/h7-10,15-16H,4-6,11-14H2,1-3H3,(H,25,29)(H,26,32). The fraction of sp³-hybridized carbons (Fsp3) is 0.542. The Morgan fingerprint density at radius 1 is 1.18 bits per heavy atom. The Bertz CT molecular complexity index is 942. The number of Topliss-reactive ketones (excluding diaryl/α,β-unsaturated/α-hetero) is 1. The molecule has 0 bridgehead atoms. The van der Waals surface area contributed by atoms with E-state index >= 15 is 0 Å². The van der Waals surface area contributed by atoms with E-state index in [1.54, 1.807) is 12.1 Å². The number of carbonyl (C=O) groups excluding carboxylic acids is 5. The van der Waals surface area contributed by atoms with Gasteiger partial charge in [-0.2, -0.15) is 0 Å². The molecule has 1 aliphatic heterocycles. The van der Waals surface area contributed by atoms with Gasteiger partial charge in [0, 0.05) is 17.7 Å². The van der Waals surface area contributed by atoms with Crippen LogP contribution in [0.15, 0.2) is 24.3 Å². The third kappa shape index (κ3) is 5.58. The quantitative estimate of drug-likeness (QED) is 0.352. The van der Waals surface area contributed by atoms with Gasteiger partial charge in [0.25, 0.3) is 5.91 Å². The highest BCUT2D eigenvalue weighted by atomic mass is 16.5. The number of carbonyl (C=O) groups is 5. The number of ketones is 1. The van der Waals surface area contributed by atoms with E-state index in [0.717, 1.165) is 24.2 Å². The fourth-order valence-corrected chi connectivity index (χ4v) is 4.37. The minimum absolute atomic E-state index is 0.0107. The highest BCUT2D eigenvalue weighted by Crippen LogP contribution is 2.38. The summed E-state index contributed by atoms with van der Waals surface area (Å²) in [5.74, 6) is -1.55. The molecule has 0 radical (unpaired) electrons. The lowest BCUT2D eigenvalue weighted by Gasteiger charge is -2.36. The molecule has 0 aromatic heterocycles. The molecule has 2 atom stereocenters. The summed E-state index contributed by atoms with van der Waals surface area (Å²) in [6, 6.07) is 5.67. The first kappa shape index (κ1) is 24.4. The number of ether oxygens (including phenoxy) is 1. The zero-order chi connectivity index (χ0) is 24.2. The molecule has 1 spiro atoms. The van der Waals surface area contributed by atoms with Crippen molar-refractivity contribution in [2.75, 3.05) is 18.5 Å². The van der Waals surface area contributed by atoms with Gasteiger partial charge >= 0.3 is 12.0 Å². The molecule has 2 fully saturated rings. The van der Waals surface area contributed by atoms with E-state index in [-0.39, 0.29) is 17.7 Å². The minimum Gasteiger partial charge on any atom is -0.456 e. The molecule has 1 saturated carbocycles. The van der Waals surface area contributed by atoms with Gasteiger partial charge in [-0.1, -0.05) is 33.6 Å². The van der Waals surface area contributed by atoms with Gasteiger partial charge in [0.1, 0.15) is 12.1 Å². The molecule has 1 heterocycles. The molecule has 2 N–H and O–H groups in total. The minimum atomic E-state index is -0.947. The van der Waals surface area contributed by atoms with E-state index in [1.165, 1.54) is 12.1 Å². The summed E-state index contributed by atoms with van der Waals surface area (Å²) in [6.07, 6.45) is 3.62. The first-order valence-corrected chi connectivity index (χ1v) is 11.3. The maximum Gasteiger partial charge on any atom is 0.326 e. The van der Waals surface area contributed by atoms with E-state index in [2.05, 4.69) is 10.6 Å². The highest BCUT2D eigenvalue weighted by molar-refractivity contribution is 6.09. The summed E-state index contributed by atoms with van der Waals surface area (Å²) in [5, 5.41) is 5.53. The third-order valence-electron chi connectivity index (χ3n) is 6.24. The number of nitrogens with zero attached hydrogens (tertiary/aromatic N) is 1. The molecule has 1 aromatic rings. The maximum atomic E-state index is 12.9. The van der Waals surface area contributed by atoms with Gasteiger partial charge in [-0.3, -0.25) is 24.1 Å². The Hall–Kier alpha value is -3.23. The average Bonchev–Trinajstić information content (AvgIpc) is 2.99. The number of rotatable bonds is 8. The predicted molar refractivity (Wildman–Crippen MR) is 120 cm³/mol. The van der Waals surface area contributed by atoms with E-state index in [0.29, 0.717) is 24.1 Å². The van der Waals surface area contributed by atoms with Crippen LogP contribution in [-0.4, -0.2) is 53.2 Å². The lowest BCUT2D eigenvalue weighted by molar-refractivity contribution is -0.147. The Kier molecular flexibility index (Phi) is 7.50. The van der Waals surface area contributed by atoms with Crippen LogP contribution in [-0.2, 0) is 19.1 Å². The number of benzene rings is 1. The van der Waals surface area contributed by atoms with Crippen molar-refractivity contribution in [3.63, 3.8) is 0 Å². The molecule has 3 rings (SSSR count). The van der Waals surface area contributed by atoms with E-state index in [4.69, 9.17) is 4.74 Å². The van der Waals surface area contributed by atoms with Crippen LogP contribution in [0.3, 0.4) is 0 Å². The smallest absolute Gasteiger partial charge is 0.326 e. The molecular weight excluding hydrogens is 426 g/mol. The number of anilines is 1. The Morgan fingerprint density at radius 2 is 1.88 bits per heavy atom. The molecule has 2 aliphatic rings. The number of esters is 1. The lowest BCUT2D eigenvalue weighted by Crippen LogP contribution is -2.54. The summed E-state index contributed by atoms with van der Waals surface area (Å²) in [7, 11) is 0. The second-order valence-electron chi connectivity index (χ2n) is 9.25. The molecule has 178 valence electrons. The molecule has 2 unspecified atom stereocenters. The van der Waals surface area contributed by atoms with Crippen LogP contribution in [0.5, 0.6) is 0 Å². The van der Waals surface area contributed by atoms with Crippen molar-refractivity contribution in [1.29, 1.82) is 0 Å². The maximum absolute atomic E-state index is 12.9. The van der Waals surface area contributed by atoms with E-state index in [9.17, 15) is 24.0 Å². The fourth-order valence-electron chi connectivity index (χ4n) is 4.37. The predicted octanol–water partition coefficient (Wildman–Crippen LogP) is 2.90. The number of hydrogen-bond donors (Lipinski definition) is 2. The zero-order valence-corrected chi connectivity index (χ0v) is 19.3. The number of hydrogen-bond acceptors (Lipinski definition) is 6. The Morgan fingerprint density at radius 3 is 2.52 bits per heavy atom. The van der Waals surface area contributed by atoms with Crippen LogP contribution in [0.2, 0.25) is 0 Å². The zero-order valence-electron chi connectivity index (χ0n) is 19.3. The van der Waals surface area contributed by atoms with Gasteiger partial charge in [-0.25, -0.2) is 4.79 Å². The number of urea groups is 1. The van der Waals surface area contributed by atoms with Crippen molar-refractivity contribution in [2.45, 2.75) is 58.4 Å². The topological polar surface area (TPSA) is 122 Å². The Labute approximate surface area is 193 Å². The number of amides is 4. The molecule has 9 nitrogen and oxygen atoms in total. The molecule has 4 amide bonds. The summed E-state index contributed by atoms with van der Waals surface area (Å²) < 4.78 is 5.03. The third-order valence-corrected chi connectivity index (χ3v) is 6.24. The van der Waals surface area contributed by atoms with Crippen LogP contribution in [0.25, 0.3) is 0 Å². The summed E-state index contributed by atoms with van der Waals surface area (Å²) in [4.78, 5) is 62.6. The molecule has 1 aromatic carbocycles. The van der Waals surface area contributed by atoms with E-state index in [1.807, 2.05) is 20.8 Å². The number of nitrogens with one attached hydrogen (secondary N) is 2. The first-order chi connectivity index (χ1) is 15.6. The van der Waals surface area contributed by atoms with Crippen molar-refractivity contribution >= 4 is 35.3 Å². The lowest BCUT2D eigenvalue weighted by atomic mass is 9.73. The van der Waals surface area contributed by atoms with Crippen LogP contribution in [0.4, 0.5) is 10.5 Å². The Balaban J connectivity index is 1.50. The van der Waals surface area contributed by atoms with Crippen LogP contribution in [0, 0.1) is 11.8 Å². The molecule has 33 heavy (non-hydrogen) atoms. The van der Waals surface area contributed by atoms with Crippen molar-refractivity contribution in [2.24, 2.45) is 11.8 Å². The van der Waals surface area contributed by atoms with Crippen molar-refractivity contribution in [1.82, 2.24) is 10.2 Å². The first-order valence-electron chi connectivity index (χ1n) is 11.3. The van der Waals surface area contributed by atoms with Crippen molar-refractivity contribution < 1.29 is 28.7 Å². The van der Waals surface area contributed by atoms with Crippen molar-refractivity contribution in [3.05, 3.63) is 29.8 Å². The van der Waals surface area contributed by atoms with Gasteiger partial charge in [0.15, 0.2) is 12.4 Å². The van der Waals surface area contributed by atoms with Gasteiger partial charge < -0.3 is 15.4 Å². The normalized spacial score (nSPS) is 22.4. The van der Waals surface area contributed by atoms with Crippen LogP contribution >= 0.6 is 0 Å². The molecule has 1 saturated heterocycles. The average molecular weight is 458 g/mol. The SMILES string of the molecule is CC(C)CC(=O)Nc1ccc(C(=O)COC(=O)CN2C(=O)NC3(CCCCC3C)C2=O)cc1. The monoisotopic (exact) mass is 457 g/mol. The van der Waals surface area contributed by atoms with Crippen LogP contribution in [0.1, 0.15) is 63.2 Å². The second kappa shape index (κ2) is 10.1. The second-order valence-corrected chi connectivity index (χ2v) is 9.25. The van der Waals surface area contributed by atoms with Gasteiger partial charge in [0.05, 0.1) is 0 Å². The van der Waals surface area contributed by atoms with E-state index < -0.39 is 42.4 Å². The molecule has 9 heteroatoms. The molecular formula is C24H31N3O6. The van der Waals surface area contributed by atoms with Gasteiger partial charge in [-0.15, -0.1) is 0 Å². The number of imide groups is 1.